The normalized spacial score (nSPS) is 10.1. The molecule has 2 aromatic carbocycles. The van der Waals surface area contributed by atoms with Crippen molar-refractivity contribution in [3.05, 3.63) is 52.0 Å². The van der Waals surface area contributed by atoms with Crippen molar-refractivity contribution in [1.82, 2.24) is 5.32 Å². The highest BCUT2D eigenvalue weighted by Gasteiger charge is 2.19. The van der Waals surface area contributed by atoms with Crippen LogP contribution in [0.15, 0.2) is 36.4 Å². The summed E-state index contributed by atoms with van der Waals surface area (Å²) in [4.78, 5) is 24.4. The number of methoxy groups -OCH3 is 2. The van der Waals surface area contributed by atoms with Crippen LogP contribution in [0.2, 0.25) is 10.0 Å². The molecule has 0 aliphatic carbocycles. The van der Waals surface area contributed by atoms with E-state index in [1.165, 1.54) is 14.2 Å². The Hall–Kier alpha value is -2.44. The maximum atomic E-state index is 12.4. The first-order valence-electron chi connectivity index (χ1n) is 7.21. The van der Waals surface area contributed by atoms with E-state index in [1.807, 2.05) is 0 Å². The van der Waals surface area contributed by atoms with Gasteiger partial charge in [-0.2, -0.15) is 0 Å². The molecular formula is C17H16Cl2N2O4. The van der Waals surface area contributed by atoms with Crippen molar-refractivity contribution >= 4 is 40.7 Å². The van der Waals surface area contributed by atoms with Crippen molar-refractivity contribution in [3.63, 3.8) is 0 Å². The van der Waals surface area contributed by atoms with E-state index in [1.54, 1.807) is 36.4 Å². The summed E-state index contributed by atoms with van der Waals surface area (Å²) in [5.74, 6) is -0.265. The van der Waals surface area contributed by atoms with Gasteiger partial charge in [-0.3, -0.25) is 9.59 Å². The van der Waals surface area contributed by atoms with E-state index >= 15 is 0 Å². The molecule has 2 amide bonds. The number of hydrogen-bond acceptors (Lipinski definition) is 4. The van der Waals surface area contributed by atoms with Crippen LogP contribution in [0.4, 0.5) is 5.69 Å². The highest BCUT2D eigenvalue weighted by Crippen LogP contribution is 2.30. The quantitative estimate of drug-likeness (QED) is 0.802. The van der Waals surface area contributed by atoms with Gasteiger partial charge < -0.3 is 20.1 Å². The Bertz CT molecular complexity index is 774. The summed E-state index contributed by atoms with van der Waals surface area (Å²) in [6.07, 6.45) is 0. The van der Waals surface area contributed by atoms with Crippen LogP contribution in [-0.2, 0) is 4.79 Å². The van der Waals surface area contributed by atoms with E-state index in [4.69, 9.17) is 32.7 Å². The monoisotopic (exact) mass is 382 g/mol. The topological polar surface area (TPSA) is 76.7 Å². The number of anilines is 1. The Morgan fingerprint density at radius 2 is 1.60 bits per heavy atom. The molecule has 0 saturated carbocycles. The van der Waals surface area contributed by atoms with Crippen LogP contribution < -0.4 is 20.1 Å². The number of halogens is 2. The lowest BCUT2D eigenvalue weighted by atomic mass is 10.1. The molecule has 2 aromatic rings. The lowest BCUT2D eigenvalue weighted by Crippen LogP contribution is -2.33. The first kappa shape index (κ1) is 18.9. The fourth-order valence-electron chi connectivity index (χ4n) is 2.12. The molecule has 2 N–H and O–H groups in total. The highest BCUT2D eigenvalue weighted by atomic mass is 35.5. The molecule has 132 valence electrons. The van der Waals surface area contributed by atoms with Gasteiger partial charge in [0.05, 0.1) is 36.5 Å². The number of nitrogens with one attached hydrogen (secondary N) is 2. The number of hydrogen-bond donors (Lipinski definition) is 2. The minimum atomic E-state index is -0.498. The zero-order chi connectivity index (χ0) is 18.4. The number of amides is 2. The molecule has 0 fully saturated rings. The maximum absolute atomic E-state index is 12.4. The molecule has 2 rings (SSSR count). The Morgan fingerprint density at radius 3 is 2.20 bits per heavy atom. The minimum Gasteiger partial charge on any atom is -0.496 e. The SMILES string of the molecule is COc1cccc(OC)c1C(=O)NCC(=O)Nc1cccc(Cl)c1Cl. The van der Waals surface area contributed by atoms with Crippen LogP contribution in [0.1, 0.15) is 10.4 Å². The van der Waals surface area contributed by atoms with Crippen molar-refractivity contribution in [3.8, 4) is 11.5 Å². The van der Waals surface area contributed by atoms with Crippen LogP contribution in [0.25, 0.3) is 0 Å². The van der Waals surface area contributed by atoms with Crippen LogP contribution in [0.3, 0.4) is 0 Å². The lowest BCUT2D eigenvalue weighted by Gasteiger charge is -2.13. The van der Waals surface area contributed by atoms with Crippen LogP contribution in [0, 0.1) is 0 Å². The summed E-state index contributed by atoms with van der Waals surface area (Å²) < 4.78 is 10.3. The zero-order valence-electron chi connectivity index (χ0n) is 13.6. The van der Waals surface area contributed by atoms with Gasteiger partial charge in [-0.05, 0) is 24.3 Å². The third kappa shape index (κ3) is 4.55. The van der Waals surface area contributed by atoms with Gasteiger partial charge in [-0.15, -0.1) is 0 Å². The van der Waals surface area contributed by atoms with Crippen LogP contribution in [-0.4, -0.2) is 32.6 Å². The van der Waals surface area contributed by atoms with E-state index in [0.717, 1.165) is 0 Å². The molecule has 0 radical (unpaired) electrons. The van der Waals surface area contributed by atoms with Crippen molar-refractivity contribution in [2.24, 2.45) is 0 Å². The molecule has 25 heavy (non-hydrogen) atoms. The first-order valence-corrected chi connectivity index (χ1v) is 7.96. The maximum Gasteiger partial charge on any atom is 0.259 e. The van der Waals surface area contributed by atoms with Gasteiger partial charge in [0.25, 0.3) is 5.91 Å². The van der Waals surface area contributed by atoms with Crippen molar-refractivity contribution in [2.75, 3.05) is 26.1 Å². The summed E-state index contributed by atoms with van der Waals surface area (Å²) in [6.45, 7) is -0.261. The summed E-state index contributed by atoms with van der Waals surface area (Å²) >= 11 is 11.9. The molecule has 0 aliphatic rings. The van der Waals surface area contributed by atoms with E-state index in [-0.39, 0.29) is 17.1 Å². The average molecular weight is 383 g/mol. The molecule has 0 aliphatic heterocycles. The lowest BCUT2D eigenvalue weighted by molar-refractivity contribution is -0.115. The number of carbonyl (C=O) groups is 2. The Kier molecular flexibility index (Phi) is 6.50. The fraction of sp³-hybridized carbons (Fsp3) is 0.176. The second kappa shape index (κ2) is 8.60. The van der Waals surface area contributed by atoms with Gasteiger partial charge in [-0.1, -0.05) is 35.3 Å². The van der Waals surface area contributed by atoms with Crippen LogP contribution >= 0.6 is 23.2 Å². The molecule has 0 bridgehead atoms. The van der Waals surface area contributed by atoms with Gasteiger partial charge in [0, 0.05) is 0 Å². The number of rotatable bonds is 6. The number of carbonyl (C=O) groups excluding carboxylic acids is 2. The molecule has 0 saturated heterocycles. The Balaban J connectivity index is 2.05. The van der Waals surface area contributed by atoms with E-state index < -0.39 is 11.8 Å². The molecule has 0 aromatic heterocycles. The largest absolute Gasteiger partial charge is 0.496 e. The number of benzene rings is 2. The smallest absolute Gasteiger partial charge is 0.259 e. The molecule has 0 atom stereocenters. The van der Waals surface area contributed by atoms with Gasteiger partial charge >= 0.3 is 0 Å². The van der Waals surface area contributed by atoms with Crippen molar-refractivity contribution in [1.29, 1.82) is 0 Å². The van der Waals surface area contributed by atoms with E-state index in [2.05, 4.69) is 10.6 Å². The van der Waals surface area contributed by atoms with Crippen LogP contribution in [0.5, 0.6) is 11.5 Å². The van der Waals surface area contributed by atoms with Crippen molar-refractivity contribution < 1.29 is 19.1 Å². The van der Waals surface area contributed by atoms with E-state index in [9.17, 15) is 9.59 Å². The summed E-state index contributed by atoms with van der Waals surface area (Å²) in [5, 5.41) is 5.65. The second-order valence-corrected chi connectivity index (χ2v) is 5.65. The minimum absolute atomic E-state index is 0.209. The van der Waals surface area contributed by atoms with E-state index in [0.29, 0.717) is 22.2 Å². The van der Waals surface area contributed by atoms with Gasteiger partial charge in [0.2, 0.25) is 5.91 Å². The highest BCUT2D eigenvalue weighted by molar-refractivity contribution is 6.44. The summed E-state index contributed by atoms with van der Waals surface area (Å²) in [5.41, 5.74) is 0.573. The summed E-state index contributed by atoms with van der Waals surface area (Å²) in [6, 6.07) is 9.82. The molecule has 6 nitrogen and oxygen atoms in total. The Labute approximate surface area is 155 Å². The fourth-order valence-corrected chi connectivity index (χ4v) is 2.47. The molecule has 8 heteroatoms. The molecule has 0 spiro atoms. The van der Waals surface area contributed by atoms with Gasteiger partial charge in [0.1, 0.15) is 17.1 Å². The standard InChI is InChI=1S/C17H16Cl2N2O4/c1-24-12-7-4-8-13(25-2)15(12)17(23)20-9-14(22)21-11-6-3-5-10(18)16(11)19/h3-8H,9H2,1-2H3,(H,20,23)(H,21,22). The summed E-state index contributed by atoms with van der Waals surface area (Å²) in [7, 11) is 2.89. The molecule has 0 unspecified atom stereocenters. The predicted octanol–water partition coefficient (Wildman–Crippen LogP) is 3.38. The average Bonchev–Trinajstić information content (AvgIpc) is 2.62. The first-order chi connectivity index (χ1) is 12.0. The van der Waals surface area contributed by atoms with Gasteiger partial charge in [0.15, 0.2) is 0 Å². The predicted molar refractivity (Wildman–Crippen MR) is 97.0 cm³/mol. The third-order valence-corrected chi connectivity index (χ3v) is 4.11. The van der Waals surface area contributed by atoms with Crippen molar-refractivity contribution in [2.45, 2.75) is 0 Å². The molecule has 0 heterocycles. The number of ether oxygens (including phenoxy) is 2. The Morgan fingerprint density at radius 1 is 1.00 bits per heavy atom. The second-order valence-electron chi connectivity index (χ2n) is 4.87. The zero-order valence-corrected chi connectivity index (χ0v) is 15.1. The van der Waals surface area contributed by atoms with Gasteiger partial charge in [-0.25, -0.2) is 0 Å². The molecular weight excluding hydrogens is 367 g/mol. The third-order valence-electron chi connectivity index (χ3n) is 3.29.